The molecular formula is C15H15FN2O3S. The number of amides is 1. The van der Waals surface area contributed by atoms with Crippen LogP contribution >= 0.6 is 11.3 Å². The van der Waals surface area contributed by atoms with Crippen LogP contribution in [-0.2, 0) is 20.9 Å². The molecule has 1 aromatic heterocycles. The Labute approximate surface area is 130 Å². The number of halogens is 1. The topological polar surface area (TPSA) is 60.7 Å². The van der Waals surface area contributed by atoms with Crippen LogP contribution in [0.5, 0.6) is 0 Å². The minimum Gasteiger partial charge on any atom is -0.465 e. The summed E-state index contributed by atoms with van der Waals surface area (Å²) in [5.74, 6) is -0.952. The van der Waals surface area contributed by atoms with Gasteiger partial charge in [-0.25, -0.2) is 4.39 Å². The number of carbonyl (C=O) groups is 2. The number of carbonyl (C=O) groups excluding carboxylic acids is 2. The van der Waals surface area contributed by atoms with Crippen molar-refractivity contribution in [1.82, 2.24) is 4.57 Å². The fourth-order valence-electron chi connectivity index (χ4n) is 2.14. The van der Waals surface area contributed by atoms with E-state index in [4.69, 9.17) is 4.74 Å². The number of nitrogens with zero attached hydrogens (tertiary/aromatic N) is 2. The molecule has 1 aliphatic rings. The maximum Gasteiger partial charge on any atom is 0.326 e. The number of hydrogen-bond donors (Lipinski definition) is 0. The molecule has 1 aromatic carbocycles. The largest absolute Gasteiger partial charge is 0.465 e. The number of benzene rings is 1. The Bertz CT molecular complexity index is 805. The molecule has 0 spiro atoms. The molecule has 1 fully saturated rings. The van der Waals surface area contributed by atoms with Gasteiger partial charge in [-0.1, -0.05) is 11.3 Å². The van der Waals surface area contributed by atoms with Crippen molar-refractivity contribution in [3.63, 3.8) is 0 Å². The third-order valence-corrected chi connectivity index (χ3v) is 4.41. The number of thiazole rings is 1. The molecule has 0 atom stereocenters. The van der Waals surface area contributed by atoms with E-state index in [0.717, 1.165) is 12.8 Å². The van der Waals surface area contributed by atoms with Gasteiger partial charge in [0.15, 0.2) is 4.80 Å². The smallest absolute Gasteiger partial charge is 0.326 e. The fourth-order valence-corrected chi connectivity index (χ4v) is 3.20. The number of hydrogen-bond acceptors (Lipinski definition) is 4. The van der Waals surface area contributed by atoms with Crippen LogP contribution < -0.4 is 4.80 Å². The second-order valence-electron chi connectivity index (χ2n) is 5.11. The molecule has 0 aliphatic heterocycles. The van der Waals surface area contributed by atoms with Crippen molar-refractivity contribution >= 4 is 33.4 Å². The molecule has 7 heteroatoms. The van der Waals surface area contributed by atoms with Crippen molar-refractivity contribution in [2.75, 3.05) is 6.61 Å². The molecule has 2 aromatic rings. The Balaban J connectivity index is 2.08. The predicted octanol–water partition coefficient (Wildman–Crippen LogP) is 2.24. The van der Waals surface area contributed by atoms with E-state index >= 15 is 0 Å². The van der Waals surface area contributed by atoms with Crippen molar-refractivity contribution in [2.24, 2.45) is 10.9 Å². The average Bonchev–Trinajstić information content (AvgIpc) is 3.25. The Hall–Kier alpha value is -2.02. The van der Waals surface area contributed by atoms with E-state index in [-0.39, 0.29) is 30.8 Å². The van der Waals surface area contributed by atoms with Crippen LogP contribution in [0.3, 0.4) is 0 Å². The summed E-state index contributed by atoms with van der Waals surface area (Å²) in [5, 5.41) is 0. The van der Waals surface area contributed by atoms with Crippen molar-refractivity contribution in [3.8, 4) is 0 Å². The number of esters is 1. The monoisotopic (exact) mass is 322 g/mol. The van der Waals surface area contributed by atoms with Crippen LogP contribution in [0.15, 0.2) is 23.2 Å². The molecule has 1 amide bonds. The van der Waals surface area contributed by atoms with Crippen LogP contribution in [0.25, 0.3) is 10.2 Å². The first-order valence-electron chi connectivity index (χ1n) is 7.11. The highest BCUT2D eigenvalue weighted by Crippen LogP contribution is 2.30. The molecule has 116 valence electrons. The highest BCUT2D eigenvalue weighted by molar-refractivity contribution is 7.16. The van der Waals surface area contributed by atoms with Gasteiger partial charge in [0.25, 0.3) is 5.91 Å². The molecule has 5 nitrogen and oxygen atoms in total. The summed E-state index contributed by atoms with van der Waals surface area (Å²) < 4.78 is 20.6. The van der Waals surface area contributed by atoms with Gasteiger partial charge in [-0.15, -0.1) is 0 Å². The molecule has 1 saturated carbocycles. The van der Waals surface area contributed by atoms with Crippen LogP contribution in [0, 0.1) is 11.7 Å². The number of rotatable bonds is 4. The van der Waals surface area contributed by atoms with Gasteiger partial charge in [0.05, 0.1) is 16.8 Å². The van der Waals surface area contributed by atoms with Crippen molar-refractivity contribution in [1.29, 1.82) is 0 Å². The number of aromatic nitrogens is 1. The van der Waals surface area contributed by atoms with Gasteiger partial charge in [-0.05, 0) is 38.0 Å². The van der Waals surface area contributed by atoms with Crippen LogP contribution in [0.2, 0.25) is 0 Å². The van der Waals surface area contributed by atoms with E-state index in [9.17, 15) is 14.0 Å². The van der Waals surface area contributed by atoms with Gasteiger partial charge >= 0.3 is 5.97 Å². The highest BCUT2D eigenvalue weighted by Gasteiger charge is 2.29. The van der Waals surface area contributed by atoms with Gasteiger partial charge in [0.1, 0.15) is 12.4 Å². The Morgan fingerprint density at radius 3 is 2.91 bits per heavy atom. The molecule has 0 unspecified atom stereocenters. The lowest BCUT2D eigenvalue weighted by Crippen LogP contribution is -2.23. The Morgan fingerprint density at radius 1 is 1.45 bits per heavy atom. The van der Waals surface area contributed by atoms with Gasteiger partial charge < -0.3 is 9.30 Å². The maximum atomic E-state index is 13.4. The molecule has 1 aliphatic carbocycles. The molecule has 3 rings (SSSR count). The Morgan fingerprint density at radius 2 is 2.23 bits per heavy atom. The first kappa shape index (κ1) is 14.9. The molecule has 1 heterocycles. The van der Waals surface area contributed by atoms with E-state index in [1.54, 1.807) is 17.6 Å². The minimum absolute atomic E-state index is 0.00186. The predicted molar refractivity (Wildman–Crippen MR) is 79.7 cm³/mol. The van der Waals surface area contributed by atoms with Gasteiger partial charge in [-0.2, -0.15) is 4.99 Å². The lowest BCUT2D eigenvalue weighted by molar-refractivity contribution is -0.143. The number of ether oxygens (including phenoxy) is 1. The second-order valence-corrected chi connectivity index (χ2v) is 6.12. The van der Waals surface area contributed by atoms with E-state index in [0.29, 0.717) is 15.0 Å². The number of fused-ring (bicyclic) bond motifs is 1. The summed E-state index contributed by atoms with van der Waals surface area (Å²) in [4.78, 5) is 28.2. The lowest BCUT2D eigenvalue weighted by atomic mass is 10.3. The van der Waals surface area contributed by atoms with E-state index in [1.165, 1.54) is 23.5 Å². The summed E-state index contributed by atoms with van der Waals surface area (Å²) in [6, 6.07) is 4.28. The Kier molecular flexibility index (Phi) is 4.06. The molecular weight excluding hydrogens is 307 g/mol. The molecule has 0 radical (unpaired) electrons. The van der Waals surface area contributed by atoms with Crippen LogP contribution in [-0.4, -0.2) is 23.1 Å². The molecule has 0 N–H and O–H groups in total. The maximum absolute atomic E-state index is 13.4. The van der Waals surface area contributed by atoms with Gasteiger partial charge in [0, 0.05) is 5.92 Å². The third kappa shape index (κ3) is 3.09. The second kappa shape index (κ2) is 6.00. The third-order valence-electron chi connectivity index (χ3n) is 3.37. The standard InChI is InChI=1S/C15H15FN2O3S/c1-2-21-13(19)8-18-11-6-5-10(16)7-12(11)22-15(18)17-14(20)9-3-4-9/h5-7,9H,2-4,8H2,1H3. The zero-order valence-corrected chi connectivity index (χ0v) is 12.9. The summed E-state index contributed by atoms with van der Waals surface area (Å²) in [7, 11) is 0. The van der Waals surface area contributed by atoms with E-state index in [1.807, 2.05) is 0 Å². The first-order chi connectivity index (χ1) is 10.6. The van der Waals surface area contributed by atoms with E-state index < -0.39 is 5.97 Å². The summed E-state index contributed by atoms with van der Waals surface area (Å²) in [6.45, 7) is 1.96. The summed E-state index contributed by atoms with van der Waals surface area (Å²) in [6.07, 6.45) is 1.72. The zero-order valence-electron chi connectivity index (χ0n) is 12.0. The lowest BCUT2D eigenvalue weighted by Gasteiger charge is -2.04. The van der Waals surface area contributed by atoms with Crippen LogP contribution in [0.4, 0.5) is 4.39 Å². The van der Waals surface area contributed by atoms with E-state index in [2.05, 4.69) is 4.99 Å². The zero-order chi connectivity index (χ0) is 15.7. The van der Waals surface area contributed by atoms with Gasteiger partial charge in [-0.3, -0.25) is 9.59 Å². The van der Waals surface area contributed by atoms with Gasteiger partial charge in [0.2, 0.25) is 0 Å². The summed E-state index contributed by atoms with van der Waals surface area (Å²) in [5.41, 5.74) is 0.668. The van der Waals surface area contributed by atoms with Crippen molar-refractivity contribution in [3.05, 3.63) is 28.8 Å². The normalized spacial score (nSPS) is 15.3. The molecule has 0 bridgehead atoms. The molecule has 0 saturated heterocycles. The molecule has 22 heavy (non-hydrogen) atoms. The first-order valence-corrected chi connectivity index (χ1v) is 7.93. The average molecular weight is 322 g/mol. The fraction of sp³-hybridized carbons (Fsp3) is 0.400. The van der Waals surface area contributed by atoms with Crippen molar-refractivity contribution in [2.45, 2.75) is 26.3 Å². The minimum atomic E-state index is -0.410. The SMILES string of the molecule is CCOC(=O)Cn1c(=NC(=O)C2CC2)sc2cc(F)ccc21. The highest BCUT2D eigenvalue weighted by atomic mass is 32.1. The van der Waals surface area contributed by atoms with Crippen molar-refractivity contribution < 1.29 is 18.7 Å². The summed E-state index contributed by atoms with van der Waals surface area (Å²) >= 11 is 1.20. The van der Waals surface area contributed by atoms with Crippen LogP contribution in [0.1, 0.15) is 19.8 Å². The quantitative estimate of drug-likeness (QED) is 0.811.